The van der Waals surface area contributed by atoms with Gasteiger partial charge in [0, 0.05) is 5.02 Å². The van der Waals surface area contributed by atoms with Gasteiger partial charge in [0.05, 0.1) is 11.1 Å². The standard InChI is InChI=1S/C14H10O4.C7H7Cl/c15-13(11-7-3-1-4-8-11)17-18-14(16)12-9-5-2-6-10-12;1-6-2-4-7(8)5-3-6/h1-10H;2-5H,1H3. The molecule has 0 N–H and O–H groups in total. The average Bonchev–Trinajstić information content (AvgIpc) is 2.70. The molecule has 0 aliphatic carbocycles. The molecule has 0 bridgehead atoms. The lowest BCUT2D eigenvalue weighted by atomic mass is 10.2. The van der Waals surface area contributed by atoms with Gasteiger partial charge in [-0.2, -0.15) is 0 Å². The van der Waals surface area contributed by atoms with Gasteiger partial charge >= 0.3 is 11.9 Å². The summed E-state index contributed by atoms with van der Waals surface area (Å²) >= 11 is 5.61. The number of aryl methyl sites for hydroxylation is 1. The topological polar surface area (TPSA) is 52.6 Å². The first-order chi connectivity index (χ1) is 12.6. The van der Waals surface area contributed by atoms with E-state index in [9.17, 15) is 9.59 Å². The molecule has 5 heteroatoms. The Bertz CT molecular complexity index is 758. The average molecular weight is 369 g/mol. The van der Waals surface area contributed by atoms with Crippen molar-refractivity contribution in [2.24, 2.45) is 0 Å². The third-order valence-electron chi connectivity index (χ3n) is 3.22. The first-order valence-electron chi connectivity index (χ1n) is 7.81. The summed E-state index contributed by atoms with van der Waals surface area (Å²) in [5.74, 6) is -1.42. The van der Waals surface area contributed by atoms with E-state index in [1.807, 2.05) is 31.2 Å². The Morgan fingerprint density at radius 2 is 1.04 bits per heavy atom. The molecule has 0 amide bonds. The van der Waals surface area contributed by atoms with Gasteiger partial charge in [0.1, 0.15) is 0 Å². The lowest BCUT2D eigenvalue weighted by molar-refractivity contribution is -0.187. The molecule has 26 heavy (non-hydrogen) atoms. The van der Waals surface area contributed by atoms with Crippen LogP contribution < -0.4 is 0 Å². The number of hydrogen-bond donors (Lipinski definition) is 0. The maximum atomic E-state index is 11.5. The fraction of sp³-hybridized carbons (Fsp3) is 0.0476. The van der Waals surface area contributed by atoms with E-state index in [1.54, 1.807) is 60.7 Å². The molecule has 0 saturated heterocycles. The maximum Gasteiger partial charge on any atom is 0.386 e. The van der Waals surface area contributed by atoms with Crippen molar-refractivity contribution in [2.45, 2.75) is 6.92 Å². The van der Waals surface area contributed by atoms with Crippen LogP contribution in [0.1, 0.15) is 26.3 Å². The van der Waals surface area contributed by atoms with E-state index in [1.165, 1.54) is 5.56 Å². The molecule has 4 nitrogen and oxygen atoms in total. The molecule has 0 unspecified atom stereocenters. The Labute approximate surface area is 156 Å². The third-order valence-corrected chi connectivity index (χ3v) is 3.47. The van der Waals surface area contributed by atoms with Crippen molar-refractivity contribution >= 4 is 23.5 Å². The number of rotatable bonds is 2. The Balaban J connectivity index is 0.000000254. The number of carbonyl (C=O) groups excluding carboxylic acids is 2. The monoisotopic (exact) mass is 368 g/mol. The normalized spacial score (nSPS) is 9.46. The van der Waals surface area contributed by atoms with Crippen molar-refractivity contribution in [2.75, 3.05) is 0 Å². The molecule has 0 saturated carbocycles. The molecular weight excluding hydrogens is 352 g/mol. The van der Waals surface area contributed by atoms with Crippen LogP contribution in [0.2, 0.25) is 5.02 Å². The zero-order chi connectivity index (χ0) is 18.8. The summed E-state index contributed by atoms with van der Waals surface area (Å²) in [5.41, 5.74) is 1.88. The van der Waals surface area contributed by atoms with E-state index in [0.717, 1.165) is 5.02 Å². The van der Waals surface area contributed by atoms with Crippen molar-refractivity contribution in [3.05, 3.63) is 107 Å². The molecule has 132 valence electrons. The Morgan fingerprint density at radius 1 is 0.654 bits per heavy atom. The van der Waals surface area contributed by atoms with Crippen LogP contribution in [0, 0.1) is 6.92 Å². The Morgan fingerprint density at radius 3 is 1.38 bits per heavy atom. The molecule has 0 aliphatic rings. The minimum Gasteiger partial charge on any atom is -0.242 e. The zero-order valence-corrected chi connectivity index (χ0v) is 14.8. The van der Waals surface area contributed by atoms with Crippen molar-refractivity contribution < 1.29 is 19.4 Å². The summed E-state index contributed by atoms with van der Waals surface area (Å²) in [7, 11) is 0. The fourth-order valence-corrected chi connectivity index (χ4v) is 1.98. The number of benzene rings is 3. The van der Waals surface area contributed by atoms with Gasteiger partial charge in [-0.25, -0.2) is 19.4 Å². The predicted molar refractivity (Wildman–Crippen MR) is 99.9 cm³/mol. The highest BCUT2D eigenvalue weighted by atomic mass is 35.5. The smallest absolute Gasteiger partial charge is 0.242 e. The second-order valence-corrected chi connectivity index (χ2v) is 5.71. The highest BCUT2D eigenvalue weighted by Crippen LogP contribution is 2.07. The van der Waals surface area contributed by atoms with Crippen LogP contribution >= 0.6 is 11.6 Å². The van der Waals surface area contributed by atoms with Gasteiger partial charge in [0.15, 0.2) is 0 Å². The van der Waals surface area contributed by atoms with Gasteiger partial charge in [-0.1, -0.05) is 65.7 Å². The molecule has 3 aromatic rings. The van der Waals surface area contributed by atoms with Gasteiger partial charge in [0.2, 0.25) is 0 Å². The molecule has 3 aromatic carbocycles. The lowest BCUT2D eigenvalue weighted by Crippen LogP contribution is -2.11. The summed E-state index contributed by atoms with van der Waals surface area (Å²) in [5, 5.41) is 0.801. The first kappa shape index (κ1) is 19.2. The third kappa shape index (κ3) is 6.42. The van der Waals surface area contributed by atoms with Gasteiger partial charge in [-0.3, -0.25) is 0 Å². The SMILES string of the molecule is Cc1ccc(Cl)cc1.O=C(OOC(=O)c1ccccc1)c1ccccc1. The van der Waals surface area contributed by atoms with E-state index in [4.69, 9.17) is 11.6 Å². The highest BCUT2D eigenvalue weighted by Gasteiger charge is 2.12. The summed E-state index contributed by atoms with van der Waals surface area (Å²) in [6.07, 6.45) is 0. The molecule has 0 fully saturated rings. The molecular formula is C21H17ClO4. The number of halogens is 1. The van der Waals surface area contributed by atoms with Crippen LogP contribution in [0.4, 0.5) is 0 Å². The number of hydrogen-bond acceptors (Lipinski definition) is 4. The number of carbonyl (C=O) groups is 2. The summed E-state index contributed by atoms with van der Waals surface area (Å²) < 4.78 is 0. The van der Waals surface area contributed by atoms with Gasteiger partial charge in [0.25, 0.3) is 0 Å². The van der Waals surface area contributed by atoms with Crippen LogP contribution in [-0.2, 0) is 9.78 Å². The van der Waals surface area contributed by atoms with E-state index in [2.05, 4.69) is 9.78 Å². The van der Waals surface area contributed by atoms with E-state index >= 15 is 0 Å². The summed E-state index contributed by atoms with van der Waals surface area (Å²) in [6, 6.07) is 24.3. The second-order valence-electron chi connectivity index (χ2n) is 5.27. The summed E-state index contributed by atoms with van der Waals surface area (Å²) in [4.78, 5) is 31.9. The molecule has 0 aliphatic heterocycles. The first-order valence-corrected chi connectivity index (χ1v) is 8.19. The molecule has 3 rings (SSSR count). The molecule has 0 radical (unpaired) electrons. The lowest BCUT2D eigenvalue weighted by Gasteiger charge is -2.02. The minimum absolute atomic E-state index is 0.318. The van der Waals surface area contributed by atoms with Crippen LogP contribution in [0.5, 0.6) is 0 Å². The van der Waals surface area contributed by atoms with Crippen molar-refractivity contribution in [3.8, 4) is 0 Å². The molecule has 0 atom stereocenters. The Kier molecular flexibility index (Phi) is 7.40. The molecule has 0 aromatic heterocycles. The van der Waals surface area contributed by atoms with Gasteiger partial charge in [-0.15, -0.1) is 0 Å². The van der Waals surface area contributed by atoms with Crippen molar-refractivity contribution in [1.29, 1.82) is 0 Å². The largest absolute Gasteiger partial charge is 0.386 e. The minimum atomic E-state index is -0.708. The maximum absolute atomic E-state index is 11.5. The van der Waals surface area contributed by atoms with Gasteiger partial charge in [-0.05, 0) is 43.3 Å². The van der Waals surface area contributed by atoms with Crippen LogP contribution in [0.3, 0.4) is 0 Å². The van der Waals surface area contributed by atoms with Crippen LogP contribution in [0.15, 0.2) is 84.9 Å². The van der Waals surface area contributed by atoms with Gasteiger partial charge < -0.3 is 0 Å². The van der Waals surface area contributed by atoms with Crippen molar-refractivity contribution in [3.63, 3.8) is 0 Å². The molecule has 0 spiro atoms. The summed E-state index contributed by atoms with van der Waals surface area (Å²) in [6.45, 7) is 2.04. The highest BCUT2D eigenvalue weighted by molar-refractivity contribution is 6.30. The van der Waals surface area contributed by atoms with E-state index in [0.29, 0.717) is 11.1 Å². The van der Waals surface area contributed by atoms with Crippen LogP contribution in [-0.4, -0.2) is 11.9 Å². The van der Waals surface area contributed by atoms with E-state index < -0.39 is 11.9 Å². The quantitative estimate of drug-likeness (QED) is 0.457. The van der Waals surface area contributed by atoms with E-state index in [-0.39, 0.29) is 0 Å². The Hall–Kier alpha value is -3.11. The fourth-order valence-electron chi connectivity index (χ4n) is 1.85. The zero-order valence-electron chi connectivity index (χ0n) is 14.1. The second kappa shape index (κ2) is 10.0. The van der Waals surface area contributed by atoms with Crippen molar-refractivity contribution in [1.82, 2.24) is 0 Å². The molecule has 0 heterocycles. The predicted octanol–water partition coefficient (Wildman–Crippen LogP) is 5.26. The van der Waals surface area contributed by atoms with Crippen LogP contribution in [0.25, 0.3) is 0 Å².